The molecule has 1 aromatic carbocycles. The Labute approximate surface area is 141 Å². The molecule has 2 fully saturated rings. The fraction of sp³-hybridized carbons (Fsp3) is 0.562. The van der Waals surface area contributed by atoms with Crippen LogP contribution < -0.4 is 0 Å². The molecule has 2 heterocycles. The van der Waals surface area contributed by atoms with E-state index in [1.165, 1.54) is 26.0 Å². The maximum absolute atomic E-state index is 13.8. The van der Waals surface area contributed by atoms with Gasteiger partial charge in [-0.3, -0.25) is 0 Å². The molecule has 9 heteroatoms. The summed E-state index contributed by atoms with van der Waals surface area (Å²) in [6.45, 7) is 1.69. The minimum absolute atomic E-state index is 0.0961. The first kappa shape index (κ1) is 18.1. The van der Waals surface area contributed by atoms with E-state index in [4.69, 9.17) is 18.9 Å². The molecule has 0 amide bonds. The SMILES string of the molecule is CC1(C)O[C@H]2C(O)O[C@@](COC(=O)c3ccccc3)(C(F)(F)F)[C@H]2O1. The highest BCUT2D eigenvalue weighted by Gasteiger charge is 2.74. The lowest BCUT2D eigenvalue weighted by Crippen LogP contribution is -2.58. The summed E-state index contributed by atoms with van der Waals surface area (Å²) in [4.78, 5) is 12.0. The van der Waals surface area contributed by atoms with E-state index in [1.54, 1.807) is 18.2 Å². The second-order valence-electron chi connectivity index (χ2n) is 6.36. The third-order valence-corrected chi connectivity index (χ3v) is 4.11. The molecule has 6 nitrogen and oxygen atoms in total. The number of hydrogen-bond acceptors (Lipinski definition) is 6. The number of carbonyl (C=O) groups is 1. The van der Waals surface area contributed by atoms with Crippen LogP contribution in [-0.2, 0) is 18.9 Å². The predicted molar refractivity (Wildman–Crippen MR) is 76.4 cm³/mol. The highest BCUT2D eigenvalue weighted by atomic mass is 19.4. The molecule has 25 heavy (non-hydrogen) atoms. The highest BCUT2D eigenvalue weighted by molar-refractivity contribution is 5.89. The summed E-state index contributed by atoms with van der Waals surface area (Å²) < 4.78 is 61.5. The monoisotopic (exact) mass is 362 g/mol. The van der Waals surface area contributed by atoms with Crippen molar-refractivity contribution < 1.29 is 42.0 Å². The van der Waals surface area contributed by atoms with E-state index >= 15 is 0 Å². The van der Waals surface area contributed by atoms with E-state index in [2.05, 4.69) is 0 Å². The van der Waals surface area contributed by atoms with Crippen LogP contribution >= 0.6 is 0 Å². The van der Waals surface area contributed by atoms with Crippen molar-refractivity contribution in [1.82, 2.24) is 0 Å². The first-order valence-corrected chi connectivity index (χ1v) is 7.56. The molecule has 2 aliphatic heterocycles. The van der Waals surface area contributed by atoms with Gasteiger partial charge in [-0.2, -0.15) is 13.2 Å². The number of esters is 1. The largest absolute Gasteiger partial charge is 0.459 e. The number of aliphatic hydroxyl groups excluding tert-OH is 1. The first-order chi connectivity index (χ1) is 11.6. The van der Waals surface area contributed by atoms with E-state index in [1.807, 2.05) is 0 Å². The second-order valence-corrected chi connectivity index (χ2v) is 6.36. The lowest BCUT2D eigenvalue weighted by Gasteiger charge is -2.35. The molecule has 2 aliphatic rings. The number of carbonyl (C=O) groups excluding carboxylic acids is 1. The number of ether oxygens (including phenoxy) is 4. The molecule has 3 rings (SSSR count). The van der Waals surface area contributed by atoms with Gasteiger partial charge in [-0.05, 0) is 26.0 Å². The van der Waals surface area contributed by atoms with Gasteiger partial charge in [0.2, 0.25) is 5.60 Å². The molecule has 0 saturated carbocycles. The van der Waals surface area contributed by atoms with Crippen LogP contribution in [0.1, 0.15) is 24.2 Å². The third kappa shape index (κ3) is 3.12. The van der Waals surface area contributed by atoms with Crippen molar-refractivity contribution in [3.8, 4) is 0 Å². The average molecular weight is 362 g/mol. The van der Waals surface area contributed by atoms with Gasteiger partial charge in [0.1, 0.15) is 18.8 Å². The van der Waals surface area contributed by atoms with Crippen LogP contribution in [0.4, 0.5) is 13.2 Å². The standard InChI is InChI=1S/C16H17F3O6/c1-14(2)23-10-11(24-14)15(16(17,18)19,25-13(10)21)8-22-12(20)9-6-4-3-5-7-9/h3-7,10-11,13,21H,8H2,1-2H3/t10-,11+,13?,15-/m1/s1. The number of rotatable bonds is 3. The molecule has 0 aliphatic carbocycles. The Morgan fingerprint density at radius 2 is 1.84 bits per heavy atom. The molecule has 0 radical (unpaired) electrons. The summed E-state index contributed by atoms with van der Waals surface area (Å²) in [7, 11) is 0. The van der Waals surface area contributed by atoms with Crippen LogP contribution in [0.3, 0.4) is 0 Å². The Hall–Kier alpha value is -1.68. The Bertz CT molecular complexity index is 647. The third-order valence-electron chi connectivity index (χ3n) is 4.11. The summed E-state index contributed by atoms with van der Waals surface area (Å²) >= 11 is 0. The molecule has 4 atom stereocenters. The van der Waals surface area contributed by atoms with Gasteiger partial charge in [0, 0.05) is 0 Å². The Balaban J connectivity index is 1.84. The van der Waals surface area contributed by atoms with Crippen molar-refractivity contribution in [1.29, 1.82) is 0 Å². The van der Waals surface area contributed by atoms with Crippen molar-refractivity contribution in [2.24, 2.45) is 0 Å². The summed E-state index contributed by atoms with van der Waals surface area (Å²) in [5.74, 6) is -2.27. The first-order valence-electron chi connectivity index (χ1n) is 7.56. The molecule has 1 unspecified atom stereocenters. The Morgan fingerprint density at radius 3 is 2.44 bits per heavy atom. The second kappa shape index (κ2) is 5.94. The maximum atomic E-state index is 13.8. The number of aliphatic hydroxyl groups is 1. The van der Waals surface area contributed by atoms with E-state index < -0.39 is 48.6 Å². The molecule has 0 bridgehead atoms. The van der Waals surface area contributed by atoms with Gasteiger partial charge >= 0.3 is 12.1 Å². The number of fused-ring (bicyclic) bond motifs is 1. The average Bonchev–Trinajstić information content (AvgIpc) is 2.98. The molecule has 138 valence electrons. The van der Waals surface area contributed by atoms with Crippen molar-refractivity contribution in [2.75, 3.05) is 6.61 Å². The van der Waals surface area contributed by atoms with Gasteiger partial charge in [-0.25, -0.2) is 4.79 Å². The van der Waals surface area contributed by atoms with Gasteiger partial charge < -0.3 is 24.1 Å². The quantitative estimate of drug-likeness (QED) is 0.830. The highest BCUT2D eigenvalue weighted by Crippen LogP contribution is 2.50. The van der Waals surface area contributed by atoms with Crippen LogP contribution in [0.5, 0.6) is 0 Å². The molecule has 2 saturated heterocycles. The van der Waals surface area contributed by atoms with Crippen molar-refractivity contribution in [3.05, 3.63) is 35.9 Å². The Morgan fingerprint density at radius 1 is 1.20 bits per heavy atom. The smallest absolute Gasteiger partial charge is 0.423 e. The number of benzene rings is 1. The molecule has 0 spiro atoms. The van der Waals surface area contributed by atoms with Gasteiger partial charge in [0.25, 0.3) is 0 Å². The zero-order chi connectivity index (χ0) is 18.5. The topological polar surface area (TPSA) is 74.2 Å². The summed E-state index contributed by atoms with van der Waals surface area (Å²) in [5, 5.41) is 9.85. The number of hydrogen-bond donors (Lipinski definition) is 1. The van der Waals surface area contributed by atoms with Crippen molar-refractivity contribution in [2.45, 2.75) is 49.9 Å². The maximum Gasteiger partial charge on any atom is 0.423 e. The van der Waals surface area contributed by atoms with E-state index in [-0.39, 0.29) is 5.56 Å². The van der Waals surface area contributed by atoms with E-state index in [0.29, 0.717) is 0 Å². The fourth-order valence-electron chi connectivity index (χ4n) is 2.96. The lowest BCUT2D eigenvalue weighted by atomic mass is 9.95. The zero-order valence-electron chi connectivity index (χ0n) is 13.4. The van der Waals surface area contributed by atoms with E-state index in [0.717, 1.165) is 0 Å². The summed E-state index contributed by atoms with van der Waals surface area (Å²) in [5.41, 5.74) is -2.92. The normalized spacial score (nSPS) is 33.9. The van der Waals surface area contributed by atoms with E-state index in [9.17, 15) is 23.1 Å². The van der Waals surface area contributed by atoms with Crippen LogP contribution in [0.15, 0.2) is 30.3 Å². The number of halogens is 3. The molecular weight excluding hydrogens is 345 g/mol. The van der Waals surface area contributed by atoms with Gasteiger partial charge in [-0.15, -0.1) is 0 Å². The summed E-state index contributed by atoms with van der Waals surface area (Å²) in [6.07, 6.45) is -9.83. The van der Waals surface area contributed by atoms with Crippen LogP contribution in [0.25, 0.3) is 0 Å². The molecule has 1 N–H and O–H groups in total. The fourth-order valence-corrected chi connectivity index (χ4v) is 2.96. The van der Waals surface area contributed by atoms with Gasteiger partial charge in [0.15, 0.2) is 12.1 Å². The molecule has 1 aromatic rings. The summed E-state index contributed by atoms with van der Waals surface area (Å²) in [6, 6.07) is 7.58. The Kier molecular flexibility index (Phi) is 4.31. The predicted octanol–water partition coefficient (Wildman–Crippen LogP) is 2.01. The lowest BCUT2D eigenvalue weighted by molar-refractivity contribution is -0.335. The van der Waals surface area contributed by atoms with Gasteiger partial charge in [0.05, 0.1) is 5.56 Å². The van der Waals surface area contributed by atoms with Crippen LogP contribution in [0.2, 0.25) is 0 Å². The number of alkyl halides is 3. The van der Waals surface area contributed by atoms with Crippen molar-refractivity contribution >= 4 is 5.97 Å². The van der Waals surface area contributed by atoms with Crippen LogP contribution in [0, 0.1) is 0 Å². The van der Waals surface area contributed by atoms with Crippen LogP contribution in [-0.4, -0.2) is 53.7 Å². The minimum atomic E-state index is -4.96. The van der Waals surface area contributed by atoms with Gasteiger partial charge in [-0.1, -0.05) is 18.2 Å². The van der Waals surface area contributed by atoms with Crippen molar-refractivity contribution in [3.63, 3.8) is 0 Å². The molecular formula is C16H17F3O6. The molecule has 0 aromatic heterocycles. The minimum Gasteiger partial charge on any atom is -0.459 e. The zero-order valence-corrected chi connectivity index (χ0v) is 13.4.